The van der Waals surface area contributed by atoms with E-state index in [4.69, 9.17) is 4.42 Å². The van der Waals surface area contributed by atoms with Gasteiger partial charge in [-0.2, -0.15) is 5.10 Å². The standard InChI is InChI=1S/C17H21N3O2/c21-17(15-11-14(15)16-6-3-10-22-16)20-9-2-1-5-13(20)12-19-8-4-7-18-19/h3-4,6-8,10,13-15H,1-2,5,9,11-12H2/t13-,14-,15-/m1/s1. The van der Waals surface area contributed by atoms with E-state index in [0.29, 0.717) is 5.91 Å². The molecule has 0 spiro atoms. The van der Waals surface area contributed by atoms with Gasteiger partial charge in [-0.3, -0.25) is 9.48 Å². The Hall–Kier alpha value is -2.04. The lowest BCUT2D eigenvalue weighted by molar-refractivity contribution is -0.136. The Morgan fingerprint density at radius 2 is 2.32 bits per heavy atom. The molecule has 0 N–H and O–H groups in total. The van der Waals surface area contributed by atoms with Crippen LogP contribution < -0.4 is 0 Å². The zero-order valence-corrected chi connectivity index (χ0v) is 12.6. The number of hydrogen-bond donors (Lipinski definition) is 0. The first kappa shape index (κ1) is 13.6. The molecule has 0 unspecified atom stereocenters. The van der Waals surface area contributed by atoms with Crippen molar-refractivity contribution in [3.05, 3.63) is 42.6 Å². The minimum atomic E-state index is 0.115. The first-order valence-corrected chi connectivity index (χ1v) is 8.14. The molecule has 3 atom stereocenters. The van der Waals surface area contributed by atoms with Crippen LogP contribution in [-0.4, -0.2) is 33.2 Å². The molecule has 1 aliphatic heterocycles. The van der Waals surface area contributed by atoms with Gasteiger partial charge in [-0.25, -0.2) is 0 Å². The lowest BCUT2D eigenvalue weighted by atomic mass is 10.0. The predicted octanol–water partition coefficient (Wildman–Crippen LogP) is 2.66. The number of nitrogens with zero attached hydrogens (tertiary/aromatic N) is 3. The van der Waals surface area contributed by atoms with Gasteiger partial charge in [0.2, 0.25) is 5.91 Å². The summed E-state index contributed by atoms with van der Waals surface area (Å²) in [6, 6.07) is 6.09. The monoisotopic (exact) mass is 299 g/mol. The van der Waals surface area contributed by atoms with Crippen molar-refractivity contribution in [3.63, 3.8) is 0 Å². The summed E-state index contributed by atoms with van der Waals surface area (Å²) in [5.41, 5.74) is 0. The third-order valence-corrected chi connectivity index (χ3v) is 4.88. The highest BCUT2D eigenvalue weighted by Gasteiger charge is 2.48. The van der Waals surface area contributed by atoms with E-state index in [1.54, 1.807) is 12.5 Å². The largest absolute Gasteiger partial charge is 0.469 e. The quantitative estimate of drug-likeness (QED) is 0.872. The molecule has 1 saturated heterocycles. The number of carbonyl (C=O) groups excluding carboxylic acids is 1. The van der Waals surface area contributed by atoms with Gasteiger partial charge in [0.15, 0.2) is 0 Å². The molecule has 2 aliphatic rings. The molecule has 3 heterocycles. The zero-order valence-electron chi connectivity index (χ0n) is 12.6. The van der Waals surface area contributed by atoms with Crippen molar-refractivity contribution in [2.75, 3.05) is 6.54 Å². The number of likely N-dealkylation sites (tertiary alicyclic amines) is 1. The fourth-order valence-corrected chi connectivity index (χ4v) is 3.60. The van der Waals surface area contributed by atoms with Crippen molar-refractivity contribution < 1.29 is 9.21 Å². The molecule has 116 valence electrons. The summed E-state index contributed by atoms with van der Waals surface area (Å²) in [6.45, 7) is 1.68. The molecule has 5 nitrogen and oxygen atoms in total. The summed E-state index contributed by atoms with van der Waals surface area (Å²) >= 11 is 0. The molecule has 2 aromatic rings. The molecule has 1 aliphatic carbocycles. The maximum absolute atomic E-state index is 12.9. The average molecular weight is 299 g/mol. The Labute approximate surface area is 129 Å². The van der Waals surface area contributed by atoms with Gasteiger partial charge in [0.1, 0.15) is 5.76 Å². The fraction of sp³-hybridized carbons (Fsp3) is 0.529. The van der Waals surface area contributed by atoms with E-state index in [9.17, 15) is 4.79 Å². The van der Waals surface area contributed by atoms with Crippen LogP contribution in [0.25, 0.3) is 0 Å². The van der Waals surface area contributed by atoms with Crippen molar-refractivity contribution in [2.45, 2.75) is 44.2 Å². The Bertz CT molecular complexity index is 620. The summed E-state index contributed by atoms with van der Waals surface area (Å²) in [4.78, 5) is 15.0. The van der Waals surface area contributed by atoms with Crippen molar-refractivity contribution >= 4 is 5.91 Å². The third-order valence-electron chi connectivity index (χ3n) is 4.88. The first-order valence-electron chi connectivity index (χ1n) is 8.14. The van der Waals surface area contributed by atoms with Crippen LogP contribution in [0.1, 0.15) is 37.4 Å². The SMILES string of the molecule is O=C([C@@H]1C[C@H]1c1ccco1)N1CCCC[C@@H]1Cn1cccn1. The molecule has 1 saturated carbocycles. The smallest absolute Gasteiger partial charge is 0.226 e. The van der Waals surface area contributed by atoms with Crippen LogP contribution >= 0.6 is 0 Å². The number of furan rings is 1. The van der Waals surface area contributed by atoms with E-state index in [0.717, 1.165) is 38.1 Å². The van der Waals surface area contributed by atoms with Gasteiger partial charge < -0.3 is 9.32 Å². The minimum absolute atomic E-state index is 0.115. The molecule has 2 aromatic heterocycles. The normalized spacial score (nSPS) is 27.8. The lowest BCUT2D eigenvalue weighted by Gasteiger charge is -2.36. The minimum Gasteiger partial charge on any atom is -0.469 e. The first-order chi connectivity index (χ1) is 10.8. The molecular formula is C17H21N3O2. The lowest BCUT2D eigenvalue weighted by Crippen LogP contribution is -2.46. The average Bonchev–Trinajstić information content (AvgIpc) is 2.94. The van der Waals surface area contributed by atoms with E-state index < -0.39 is 0 Å². The zero-order chi connectivity index (χ0) is 14.9. The molecule has 0 aromatic carbocycles. The molecule has 22 heavy (non-hydrogen) atoms. The second-order valence-corrected chi connectivity index (χ2v) is 6.37. The van der Waals surface area contributed by atoms with Gasteiger partial charge in [0.25, 0.3) is 0 Å². The van der Waals surface area contributed by atoms with Crippen LogP contribution in [0.5, 0.6) is 0 Å². The Kier molecular flexibility index (Phi) is 3.48. The van der Waals surface area contributed by atoms with Gasteiger partial charge in [-0.05, 0) is 43.9 Å². The third kappa shape index (κ3) is 2.56. The Morgan fingerprint density at radius 3 is 3.09 bits per heavy atom. The fourth-order valence-electron chi connectivity index (χ4n) is 3.60. The van der Waals surface area contributed by atoms with Crippen LogP contribution in [0.4, 0.5) is 0 Å². The van der Waals surface area contributed by atoms with Crippen LogP contribution in [0, 0.1) is 5.92 Å². The van der Waals surface area contributed by atoms with Crippen molar-refractivity contribution in [1.29, 1.82) is 0 Å². The van der Waals surface area contributed by atoms with E-state index in [-0.39, 0.29) is 17.9 Å². The highest BCUT2D eigenvalue weighted by molar-refractivity contribution is 5.83. The van der Waals surface area contributed by atoms with Gasteiger partial charge >= 0.3 is 0 Å². The molecule has 1 amide bonds. The molecule has 5 heteroatoms. The maximum atomic E-state index is 12.9. The number of carbonyl (C=O) groups is 1. The topological polar surface area (TPSA) is 51.3 Å². The Morgan fingerprint density at radius 1 is 1.36 bits per heavy atom. The van der Waals surface area contributed by atoms with Gasteiger partial charge in [-0.15, -0.1) is 0 Å². The summed E-state index contributed by atoms with van der Waals surface area (Å²) in [5.74, 6) is 1.66. The van der Waals surface area contributed by atoms with Crippen LogP contribution in [-0.2, 0) is 11.3 Å². The maximum Gasteiger partial charge on any atom is 0.226 e. The molecular weight excluding hydrogens is 278 g/mol. The summed E-state index contributed by atoms with van der Waals surface area (Å²) in [5, 5.41) is 4.28. The predicted molar refractivity (Wildman–Crippen MR) is 81.1 cm³/mol. The van der Waals surface area contributed by atoms with Gasteiger partial charge in [0, 0.05) is 30.8 Å². The van der Waals surface area contributed by atoms with Gasteiger partial charge in [0.05, 0.1) is 18.8 Å². The second-order valence-electron chi connectivity index (χ2n) is 6.37. The van der Waals surface area contributed by atoms with Crippen LogP contribution in [0.3, 0.4) is 0 Å². The Balaban J connectivity index is 1.44. The van der Waals surface area contributed by atoms with Crippen LogP contribution in [0.2, 0.25) is 0 Å². The number of piperidine rings is 1. The van der Waals surface area contributed by atoms with E-state index in [1.807, 2.05) is 29.1 Å². The number of aromatic nitrogens is 2. The summed E-state index contributed by atoms with van der Waals surface area (Å²) in [7, 11) is 0. The summed E-state index contributed by atoms with van der Waals surface area (Å²) < 4.78 is 7.39. The number of rotatable bonds is 4. The highest BCUT2D eigenvalue weighted by atomic mass is 16.3. The van der Waals surface area contributed by atoms with E-state index >= 15 is 0 Å². The molecule has 0 radical (unpaired) electrons. The van der Waals surface area contributed by atoms with E-state index in [1.165, 1.54) is 6.42 Å². The molecule has 4 rings (SSSR count). The van der Waals surface area contributed by atoms with Crippen molar-refractivity contribution in [2.24, 2.45) is 5.92 Å². The van der Waals surface area contributed by atoms with Gasteiger partial charge in [-0.1, -0.05) is 0 Å². The highest BCUT2D eigenvalue weighted by Crippen LogP contribution is 2.49. The molecule has 2 fully saturated rings. The number of hydrogen-bond acceptors (Lipinski definition) is 3. The van der Waals surface area contributed by atoms with Crippen molar-refractivity contribution in [3.8, 4) is 0 Å². The second kappa shape index (κ2) is 5.63. The van der Waals surface area contributed by atoms with Crippen LogP contribution in [0.15, 0.2) is 41.3 Å². The molecule has 0 bridgehead atoms. The van der Waals surface area contributed by atoms with Crippen molar-refractivity contribution in [1.82, 2.24) is 14.7 Å². The summed E-state index contributed by atoms with van der Waals surface area (Å²) in [6.07, 6.45) is 9.77. The number of amides is 1. The van der Waals surface area contributed by atoms with E-state index in [2.05, 4.69) is 10.00 Å².